The van der Waals surface area contributed by atoms with E-state index in [0.29, 0.717) is 10.9 Å². The summed E-state index contributed by atoms with van der Waals surface area (Å²) in [6, 6.07) is 6.13. The van der Waals surface area contributed by atoms with Crippen molar-refractivity contribution in [1.29, 1.82) is 5.41 Å². The lowest BCUT2D eigenvalue weighted by molar-refractivity contribution is 0.533. The maximum absolute atomic E-state index is 8.27. The van der Waals surface area contributed by atoms with Crippen molar-refractivity contribution in [2.24, 2.45) is 0 Å². The first-order valence-corrected chi connectivity index (χ1v) is 8.19. The van der Waals surface area contributed by atoms with Gasteiger partial charge in [-0.25, -0.2) is 0 Å². The van der Waals surface area contributed by atoms with E-state index in [9.17, 15) is 0 Å². The highest BCUT2D eigenvalue weighted by Crippen LogP contribution is 2.35. The van der Waals surface area contributed by atoms with Crippen LogP contribution in [0.4, 0.5) is 0 Å². The summed E-state index contributed by atoms with van der Waals surface area (Å²) in [5.74, 6) is 0.491. The van der Waals surface area contributed by atoms with E-state index in [1.807, 2.05) is 50.1 Å². The second-order valence-electron chi connectivity index (χ2n) is 5.54. The smallest absolute Gasteiger partial charge is 0.127 e. The molecule has 0 aromatic heterocycles. The van der Waals surface area contributed by atoms with Crippen LogP contribution in [0.1, 0.15) is 31.4 Å². The molecule has 0 radical (unpaired) electrons. The molecular formula is C20H23ClN2. The molecule has 0 atom stereocenters. The van der Waals surface area contributed by atoms with E-state index in [-0.39, 0.29) is 0 Å². The number of halogens is 1. The molecule has 1 aliphatic rings. The van der Waals surface area contributed by atoms with E-state index in [1.54, 1.807) is 6.08 Å². The number of allylic oxidation sites excluding steroid dienone is 5. The summed E-state index contributed by atoms with van der Waals surface area (Å²) in [6.45, 7) is 8.67. The van der Waals surface area contributed by atoms with Gasteiger partial charge in [0.15, 0.2) is 0 Å². The maximum Gasteiger partial charge on any atom is 0.127 e. The van der Waals surface area contributed by atoms with Crippen LogP contribution in [0.3, 0.4) is 0 Å². The number of amidine groups is 1. The molecule has 2 nitrogen and oxygen atoms in total. The van der Waals surface area contributed by atoms with E-state index in [4.69, 9.17) is 17.0 Å². The normalized spacial score (nSPS) is 14.3. The molecule has 120 valence electrons. The highest BCUT2D eigenvalue weighted by molar-refractivity contribution is 6.32. The van der Waals surface area contributed by atoms with Crippen molar-refractivity contribution in [1.82, 2.24) is 4.90 Å². The van der Waals surface area contributed by atoms with Crippen LogP contribution in [0.5, 0.6) is 0 Å². The van der Waals surface area contributed by atoms with Gasteiger partial charge in [0.25, 0.3) is 0 Å². The zero-order valence-corrected chi connectivity index (χ0v) is 14.7. The monoisotopic (exact) mass is 326 g/mol. The molecule has 0 unspecified atom stereocenters. The van der Waals surface area contributed by atoms with Crippen molar-refractivity contribution in [3.05, 3.63) is 70.8 Å². The molecule has 0 saturated carbocycles. The van der Waals surface area contributed by atoms with Crippen molar-refractivity contribution >= 4 is 28.6 Å². The minimum atomic E-state index is 0.491. The quantitative estimate of drug-likeness (QED) is 0.413. The second kappa shape index (κ2) is 7.47. The molecule has 0 aliphatic heterocycles. The average Bonchev–Trinajstić information content (AvgIpc) is 3.40. The topological polar surface area (TPSA) is 27.1 Å². The molecule has 0 spiro atoms. The van der Waals surface area contributed by atoms with Crippen LogP contribution in [-0.4, -0.2) is 24.3 Å². The lowest BCUT2D eigenvalue weighted by Crippen LogP contribution is -2.26. The van der Waals surface area contributed by atoms with Crippen LogP contribution in [0.25, 0.3) is 11.1 Å². The number of hydrogen-bond donors (Lipinski definition) is 1. The molecule has 1 aliphatic carbocycles. The van der Waals surface area contributed by atoms with Crippen LogP contribution >= 0.6 is 11.6 Å². The van der Waals surface area contributed by atoms with E-state index in [1.165, 1.54) is 11.1 Å². The summed E-state index contributed by atoms with van der Waals surface area (Å²) in [6.07, 6.45) is 8.95. The van der Waals surface area contributed by atoms with Gasteiger partial charge < -0.3 is 4.90 Å². The molecule has 1 aromatic carbocycles. The molecule has 2 rings (SSSR count). The van der Waals surface area contributed by atoms with Gasteiger partial charge in [0.2, 0.25) is 0 Å². The Kier molecular flexibility index (Phi) is 5.62. The molecule has 1 N–H and O–H groups in total. The summed E-state index contributed by atoms with van der Waals surface area (Å²) in [7, 11) is 1.92. The van der Waals surface area contributed by atoms with E-state index < -0.39 is 0 Å². The zero-order chi connectivity index (χ0) is 17.0. The van der Waals surface area contributed by atoms with Gasteiger partial charge in [0.05, 0.1) is 0 Å². The molecule has 0 heterocycles. The third kappa shape index (κ3) is 4.02. The minimum absolute atomic E-state index is 0.491. The fourth-order valence-electron chi connectivity index (χ4n) is 2.32. The Morgan fingerprint density at radius 2 is 2.13 bits per heavy atom. The number of nitrogens with zero attached hydrogens (tertiary/aromatic N) is 1. The van der Waals surface area contributed by atoms with Gasteiger partial charge in [-0.2, -0.15) is 0 Å². The summed E-state index contributed by atoms with van der Waals surface area (Å²) in [5.41, 5.74) is 5.26. The first-order valence-electron chi connectivity index (χ1n) is 7.81. The van der Waals surface area contributed by atoms with E-state index in [0.717, 1.165) is 29.7 Å². The van der Waals surface area contributed by atoms with Gasteiger partial charge in [-0.15, -0.1) is 0 Å². The van der Waals surface area contributed by atoms with Crippen molar-refractivity contribution < 1.29 is 0 Å². The molecule has 0 fully saturated rings. The van der Waals surface area contributed by atoms with Crippen molar-refractivity contribution in [3.63, 3.8) is 0 Å². The fraction of sp³-hybridized carbons (Fsp3) is 0.250. The van der Waals surface area contributed by atoms with Crippen molar-refractivity contribution in [2.45, 2.75) is 20.3 Å². The van der Waals surface area contributed by atoms with Crippen LogP contribution in [0, 0.1) is 5.41 Å². The lowest BCUT2D eigenvalue weighted by atomic mass is 10.00. The van der Waals surface area contributed by atoms with Gasteiger partial charge in [-0.1, -0.05) is 48.5 Å². The highest BCUT2D eigenvalue weighted by atomic mass is 35.5. The average molecular weight is 327 g/mol. The van der Waals surface area contributed by atoms with Crippen LogP contribution in [-0.2, 0) is 0 Å². The molecule has 0 amide bonds. The first-order chi connectivity index (χ1) is 11.0. The maximum atomic E-state index is 8.27. The Balaban J connectivity index is 2.36. The summed E-state index contributed by atoms with van der Waals surface area (Å²) in [4.78, 5) is 1.90. The van der Waals surface area contributed by atoms with Gasteiger partial charge in [-0.05, 0) is 49.1 Å². The van der Waals surface area contributed by atoms with Crippen LogP contribution in [0.2, 0.25) is 5.02 Å². The summed E-state index contributed by atoms with van der Waals surface area (Å²) < 4.78 is 0. The number of likely N-dealkylation sites (N-methyl/N-ethyl adjacent to an activating group) is 1. The molecule has 3 heteroatoms. The molecule has 0 saturated heterocycles. The van der Waals surface area contributed by atoms with Crippen molar-refractivity contribution in [3.8, 4) is 0 Å². The number of nitrogens with one attached hydrogen (secondary N) is 1. The van der Waals surface area contributed by atoms with Crippen LogP contribution in [0.15, 0.2) is 54.7 Å². The Morgan fingerprint density at radius 1 is 1.43 bits per heavy atom. The molecular weight excluding hydrogens is 304 g/mol. The predicted octanol–water partition coefficient (Wildman–Crippen LogP) is 5.57. The SMILES string of the molecule is C=C/C(=C\C(=C\C)C(=N)N(C)CC)c1ccc(C2=CC2)cc1Cl. The van der Waals surface area contributed by atoms with Crippen molar-refractivity contribution in [2.75, 3.05) is 13.6 Å². The lowest BCUT2D eigenvalue weighted by Gasteiger charge is -2.19. The Labute approximate surface area is 144 Å². The van der Waals surface area contributed by atoms with Crippen LogP contribution < -0.4 is 0 Å². The Hall–Kier alpha value is -2.06. The Bertz CT molecular complexity index is 723. The first kappa shape index (κ1) is 17.3. The van der Waals surface area contributed by atoms with Gasteiger partial charge in [0.1, 0.15) is 5.84 Å². The molecule has 1 aromatic rings. The zero-order valence-electron chi connectivity index (χ0n) is 14.0. The largest absolute Gasteiger partial charge is 0.360 e. The van der Waals surface area contributed by atoms with Gasteiger partial charge in [0, 0.05) is 29.8 Å². The minimum Gasteiger partial charge on any atom is -0.360 e. The third-order valence-electron chi connectivity index (χ3n) is 4.03. The van der Waals surface area contributed by atoms with Gasteiger partial charge in [-0.3, -0.25) is 5.41 Å². The van der Waals surface area contributed by atoms with E-state index >= 15 is 0 Å². The number of benzene rings is 1. The number of hydrogen-bond acceptors (Lipinski definition) is 1. The number of rotatable bonds is 6. The third-order valence-corrected chi connectivity index (χ3v) is 4.34. The standard InChI is InChI=1S/C20H23ClN2/c1-5-14(12-15(6-2)20(22)23(4)7-3)18-11-10-17(13-19(18)21)16-8-9-16/h5-6,8,10-13,22H,1,7,9H2,2-4H3/b14-12+,15-6-,22-20?. The van der Waals surface area contributed by atoms with Gasteiger partial charge >= 0.3 is 0 Å². The Morgan fingerprint density at radius 3 is 2.61 bits per heavy atom. The van der Waals surface area contributed by atoms with E-state index in [2.05, 4.69) is 18.7 Å². The fourth-order valence-corrected chi connectivity index (χ4v) is 2.61. The molecule has 23 heavy (non-hydrogen) atoms. The predicted molar refractivity (Wildman–Crippen MR) is 102 cm³/mol. The summed E-state index contributed by atoms with van der Waals surface area (Å²) >= 11 is 6.47. The summed E-state index contributed by atoms with van der Waals surface area (Å²) in [5, 5.41) is 8.99. The highest BCUT2D eigenvalue weighted by Gasteiger charge is 2.14. The second-order valence-corrected chi connectivity index (χ2v) is 5.95. The molecule has 0 bridgehead atoms.